The molecule has 1 atom stereocenters. The van der Waals surface area contributed by atoms with Crippen molar-refractivity contribution in [2.24, 2.45) is 0 Å². The van der Waals surface area contributed by atoms with Crippen LogP contribution in [0.1, 0.15) is 31.2 Å². The summed E-state index contributed by atoms with van der Waals surface area (Å²) in [5.74, 6) is 0.298. The minimum atomic E-state index is -1.26. The largest absolute Gasteiger partial charge is 0.496 e. The molecular weight excluding hydrogens is 444 g/mol. The highest BCUT2D eigenvalue weighted by atomic mass is 35.5. The Morgan fingerprint density at radius 1 is 1.06 bits per heavy atom. The van der Waals surface area contributed by atoms with Crippen molar-refractivity contribution in [3.8, 4) is 11.5 Å². The summed E-state index contributed by atoms with van der Waals surface area (Å²) < 4.78 is 11.5. The maximum Gasteiger partial charge on any atom is 0.240 e. The summed E-state index contributed by atoms with van der Waals surface area (Å²) in [5, 5.41) is 0.559. The fourth-order valence-corrected chi connectivity index (χ4v) is 4.86. The predicted molar refractivity (Wildman–Crippen MR) is 123 cm³/mol. The van der Waals surface area contributed by atoms with Crippen molar-refractivity contribution in [2.45, 2.75) is 37.2 Å². The molecular formula is C25H27ClN2O5. The van der Waals surface area contributed by atoms with Gasteiger partial charge in [-0.15, -0.1) is 0 Å². The van der Waals surface area contributed by atoms with E-state index in [1.807, 2.05) is 18.2 Å². The first-order chi connectivity index (χ1) is 15.9. The van der Waals surface area contributed by atoms with Crippen LogP contribution in [0.3, 0.4) is 0 Å². The van der Waals surface area contributed by atoms with E-state index in [0.717, 1.165) is 4.90 Å². The fraction of sp³-hybridized carbons (Fsp3) is 0.400. The first-order valence-electron chi connectivity index (χ1n) is 11.0. The van der Waals surface area contributed by atoms with Gasteiger partial charge in [0.05, 0.1) is 17.5 Å². The number of carbonyl (C=O) groups is 3. The van der Waals surface area contributed by atoms with Crippen LogP contribution in [0.4, 0.5) is 0 Å². The smallest absolute Gasteiger partial charge is 0.240 e. The van der Waals surface area contributed by atoms with Gasteiger partial charge in [-0.3, -0.25) is 19.3 Å². The molecule has 0 aromatic heterocycles. The maximum absolute atomic E-state index is 13.4. The Labute approximate surface area is 198 Å². The number of rotatable bonds is 6. The standard InChI is InChI=1S/C25H27ClN2O5/c1-27-22(29)15-25(24(27)31,18-7-3-5-9-20(18)32-2)16-23(30)28-13-11-17(12-14-28)33-21-10-6-4-8-19(21)26/h3-10,17H,11-16H2,1-2H3. The molecule has 2 fully saturated rings. The Morgan fingerprint density at radius 2 is 1.70 bits per heavy atom. The second-order valence-corrected chi connectivity index (χ2v) is 8.93. The average Bonchev–Trinajstić information content (AvgIpc) is 3.05. The van der Waals surface area contributed by atoms with Crippen LogP contribution in [0, 0.1) is 0 Å². The highest BCUT2D eigenvalue weighted by Crippen LogP contribution is 2.43. The molecule has 3 amide bonds. The van der Waals surface area contributed by atoms with Gasteiger partial charge in [-0.2, -0.15) is 0 Å². The number of amides is 3. The van der Waals surface area contributed by atoms with E-state index in [2.05, 4.69) is 0 Å². The number of ether oxygens (including phenoxy) is 2. The molecule has 0 radical (unpaired) electrons. The summed E-state index contributed by atoms with van der Waals surface area (Å²) in [4.78, 5) is 42.0. The molecule has 0 saturated carbocycles. The van der Waals surface area contributed by atoms with Crippen molar-refractivity contribution in [3.63, 3.8) is 0 Å². The first-order valence-corrected chi connectivity index (χ1v) is 11.4. The molecule has 2 aromatic carbocycles. The molecule has 33 heavy (non-hydrogen) atoms. The van der Waals surface area contributed by atoms with Crippen molar-refractivity contribution in [2.75, 3.05) is 27.2 Å². The van der Waals surface area contributed by atoms with E-state index in [1.165, 1.54) is 14.2 Å². The van der Waals surface area contributed by atoms with Gasteiger partial charge in [-0.05, 0) is 18.2 Å². The summed E-state index contributed by atoms with van der Waals surface area (Å²) in [7, 11) is 2.98. The van der Waals surface area contributed by atoms with Crippen molar-refractivity contribution in [1.29, 1.82) is 0 Å². The number of carbonyl (C=O) groups excluding carboxylic acids is 3. The predicted octanol–water partition coefficient (Wildman–Crippen LogP) is 3.44. The lowest BCUT2D eigenvalue weighted by atomic mass is 9.75. The molecule has 1 unspecified atom stereocenters. The van der Waals surface area contributed by atoms with Gasteiger partial charge in [0.25, 0.3) is 0 Å². The summed E-state index contributed by atoms with van der Waals surface area (Å²) in [5.41, 5.74) is -0.694. The molecule has 7 nitrogen and oxygen atoms in total. The molecule has 4 rings (SSSR count). The quantitative estimate of drug-likeness (QED) is 0.604. The number of likely N-dealkylation sites (N-methyl/N-ethyl adjacent to an activating group) is 1. The van der Waals surface area contributed by atoms with E-state index in [1.54, 1.807) is 35.2 Å². The molecule has 0 aliphatic carbocycles. The van der Waals surface area contributed by atoms with Crippen LogP contribution in [-0.2, 0) is 19.8 Å². The Kier molecular flexibility index (Phi) is 6.61. The fourth-order valence-electron chi connectivity index (χ4n) is 4.68. The van der Waals surface area contributed by atoms with Gasteiger partial charge < -0.3 is 14.4 Å². The van der Waals surface area contributed by atoms with Crippen LogP contribution in [0.5, 0.6) is 11.5 Å². The van der Waals surface area contributed by atoms with Gasteiger partial charge in [0, 0.05) is 51.4 Å². The number of hydrogen-bond donors (Lipinski definition) is 0. The number of methoxy groups -OCH3 is 1. The molecule has 2 aliphatic heterocycles. The minimum absolute atomic E-state index is 0.0436. The molecule has 2 aliphatic rings. The lowest BCUT2D eigenvalue weighted by Crippen LogP contribution is -2.46. The Balaban J connectivity index is 1.49. The molecule has 0 N–H and O–H groups in total. The van der Waals surface area contributed by atoms with Crippen LogP contribution in [0.25, 0.3) is 0 Å². The third kappa shape index (κ3) is 4.42. The van der Waals surface area contributed by atoms with Gasteiger partial charge in [0.2, 0.25) is 17.7 Å². The Hall–Kier alpha value is -3.06. The SMILES string of the molecule is COc1ccccc1C1(CC(=O)N2CCC(Oc3ccccc3Cl)CC2)CC(=O)N(C)C1=O. The summed E-state index contributed by atoms with van der Waals surface area (Å²) in [6.07, 6.45) is 1.13. The topological polar surface area (TPSA) is 76.2 Å². The lowest BCUT2D eigenvalue weighted by Gasteiger charge is -2.35. The van der Waals surface area contributed by atoms with Crippen molar-refractivity contribution >= 4 is 29.3 Å². The lowest BCUT2D eigenvalue weighted by molar-refractivity contribution is -0.142. The van der Waals surface area contributed by atoms with E-state index < -0.39 is 5.41 Å². The van der Waals surface area contributed by atoms with Crippen LogP contribution in [0.2, 0.25) is 5.02 Å². The van der Waals surface area contributed by atoms with Gasteiger partial charge in [0.1, 0.15) is 17.6 Å². The third-order valence-electron chi connectivity index (χ3n) is 6.54. The molecule has 174 valence electrons. The maximum atomic E-state index is 13.4. The van der Waals surface area contributed by atoms with Crippen LogP contribution >= 0.6 is 11.6 Å². The van der Waals surface area contributed by atoms with Crippen molar-refractivity contribution < 1.29 is 23.9 Å². The summed E-state index contributed by atoms with van der Waals surface area (Å²) in [6.45, 7) is 1.02. The van der Waals surface area contributed by atoms with E-state index in [4.69, 9.17) is 21.1 Å². The molecule has 2 saturated heterocycles. The van der Waals surface area contributed by atoms with Gasteiger partial charge in [-0.25, -0.2) is 0 Å². The highest BCUT2D eigenvalue weighted by molar-refractivity contribution is 6.32. The van der Waals surface area contributed by atoms with Crippen molar-refractivity contribution in [1.82, 2.24) is 9.80 Å². The summed E-state index contributed by atoms with van der Waals surface area (Å²) >= 11 is 6.19. The first kappa shape index (κ1) is 23.1. The number of para-hydroxylation sites is 2. The minimum Gasteiger partial charge on any atom is -0.496 e. The second kappa shape index (κ2) is 9.43. The monoisotopic (exact) mass is 470 g/mol. The van der Waals surface area contributed by atoms with Crippen LogP contribution < -0.4 is 9.47 Å². The molecule has 2 aromatic rings. The Morgan fingerprint density at radius 3 is 2.30 bits per heavy atom. The van der Waals surface area contributed by atoms with Gasteiger partial charge >= 0.3 is 0 Å². The third-order valence-corrected chi connectivity index (χ3v) is 6.85. The molecule has 0 spiro atoms. The number of imide groups is 1. The van der Waals surface area contributed by atoms with Crippen LogP contribution in [0.15, 0.2) is 48.5 Å². The average molecular weight is 471 g/mol. The van der Waals surface area contributed by atoms with Gasteiger partial charge in [0.15, 0.2) is 0 Å². The number of benzene rings is 2. The highest BCUT2D eigenvalue weighted by Gasteiger charge is 2.54. The van der Waals surface area contributed by atoms with E-state index >= 15 is 0 Å². The van der Waals surface area contributed by atoms with E-state index in [0.29, 0.717) is 48.0 Å². The van der Waals surface area contributed by atoms with E-state index in [9.17, 15) is 14.4 Å². The Bertz CT molecular complexity index is 1070. The van der Waals surface area contributed by atoms with Crippen LogP contribution in [-0.4, -0.2) is 60.9 Å². The zero-order valence-corrected chi connectivity index (χ0v) is 19.5. The molecule has 0 bridgehead atoms. The number of piperidine rings is 1. The number of hydrogen-bond acceptors (Lipinski definition) is 5. The number of likely N-dealkylation sites (tertiary alicyclic amines) is 2. The number of nitrogens with zero attached hydrogens (tertiary/aromatic N) is 2. The normalized spacial score (nSPS) is 21.4. The zero-order chi connectivity index (χ0) is 23.6. The molecule has 8 heteroatoms. The van der Waals surface area contributed by atoms with Crippen molar-refractivity contribution in [3.05, 3.63) is 59.1 Å². The zero-order valence-electron chi connectivity index (χ0n) is 18.8. The molecule has 2 heterocycles. The summed E-state index contributed by atoms with van der Waals surface area (Å²) in [6, 6.07) is 14.4. The second-order valence-electron chi connectivity index (χ2n) is 8.52. The van der Waals surface area contributed by atoms with Gasteiger partial charge in [-0.1, -0.05) is 41.9 Å². The number of halogens is 1. The van der Waals surface area contributed by atoms with E-state index in [-0.39, 0.29) is 36.7 Å².